The first kappa shape index (κ1) is 13.9. The molecule has 1 aliphatic carbocycles. The number of aliphatic hydroxyl groups is 1. The molecule has 3 heteroatoms. The van der Waals surface area contributed by atoms with E-state index in [1.54, 1.807) is 0 Å². The predicted molar refractivity (Wildman–Crippen MR) is 78.0 cm³/mol. The third-order valence-corrected chi connectivity index (χ3v) is 4.51. The van der Waals surface area contributed by atoms with Gasteiger partial charge in [0.25, 0.3) is 0 Å². The molecule has 2 N–H and O–H groups in total. The quantitative estimate of drug-likeness (QED) is 0.487. The minimum Gasteiger partial charge on any atom is -0.392 e. The number of hydrogen-bond acceptors (Lipinski definition) is 3. The molecule has 0 amide bonds. The number of thioether (sulfide) groups is 1. The summed E-state index contributed by atoms with van der Waals surface area (Å²) in [6.07, 6.45) is 5.64. The zero-order valence-corrected chi connectivity index (χ0v) is 11.7. The Hall–Kier alpha value is -0.510. The van der Waals surface area contributed by atoms with Gasteiger partial charge >= 0.3 is 0 Å². The highest BCUT2D eigenvalue weighted by Crippen LogP contribution is 2.19. The minimum atomic E-state index is -0.144. The van der Waals surface area contributed by atoms with E-state index in [1.165, 1.54) is 24.2 Å². The Morgan fingerprint density at radius 2 is 1.89 bits per heavy atom. The van der Waals surface area contributed by atoms with Crippen molar-refractivity contribution in [2.75, 3.05) is 12.3 Å². The van der Waals surface area contributed by atoms with E-state index in [9.17, 15) is 5.11 Å². The standard InChI is InChI=1S/C15H23NOS/c17-15-10-6-2-5-9-14(15)16-11-12-18-13-7-3-1-4-8-13/h1,3-4,7-8,14-17H,2,5-6,9-12H2. The summed E-state index contributed by atoms with van der Waals surface area (Å²) in [5, 5.41) is 13.5. The lowest BCUT2D eigenvalue weighted by Crippen LogP contribution is -2.40. The average Bonchev–Trinajstić information content (AvgIpc) is 2.61. The summed E-state index contributed by atoms with van der Waals surface area (Å²) >= 11 is 1.87. The molecular weight excluding hydrogens is 242 g/mol. The van der Waals surface area contributed by atoms with Crippen molar-refractivity contribution in [2.45, 2.75) is 49.1 Å². The molecule has 1 aromatic carbocycles. The molecule has 1 fully saturated rings. The molecule has 2 atom stereocenters. The largest absolute Gasteiger partial charge is 0.392 e. The van der Waals surface area contributed by atoms with E-state index in [-0.39, 0.29) is 6.10 Å². The second kappa shape index (κ2) is 7.82. The van der Waals surface area contributed by atoms with E-state index in [0.29, 0.717) is 6.04 Å². The fourth-order valence-corrected chi connectivity index (χ4v) is 3.26. The lowest BCUT2D eigenvalue weighted by Gasteiger charge is -2.21. The normalized spacial score (nSPS) is 24.7. The molecule has 1 aliphatic rings. The summed E-state index contributed by atoms with van der Waals surface area (Å²) in [4.78, 5) is 1.32. The first-order valence-electron chi connectivity index (χ1n) is 6.95. The van der Waals surface area contributed by atoms with Crippen molar-refractivity contribution in [3.05, 3.63) is 30.3 Å². The maximum Gasteiger partial charge on any atom is 0.0693 e. The minimum absolute atomic E-state index is 0.144. The molecule has 0 bridgehead atoms. The average molecular weight is 265 g/mol. The van der Waals surface area contributed by atoms with Gasteiger partial charge in [-0.1, -0.05) is 37.5 Å². The smallest absolute Gasteiger partial charge is 0.0693 e. The van der Waals surface area contributed by atoms with E-state index >= 15 is 0 Å². The Morgan fingerprint density at radius 3 is 2.72 bits per heavy atom. The van der Waals surface area contributed by atoms with Crippen LogP contribution in [0, 0.1) is 0 Å². The second-order valence-electron chi connectivity index (χ2n) is 4.93. The van der Waals surface area contributed by atoms with Crippen LogP contribution in [0.3, 0.4) is 0 Å². The molecule has 2 nitrogen and oxygen atoms in total. The van der Waals surface area contributed by atoms with Crippen molar-refractivity contribution in [1.29, 1.82) is 0 Å². The Balaban J connectivity index is 1.65. The summed E-state index contributed by atoms with van der Waals surface area (Å²) in [6.45, 7) is 0.973. The lowest BCUT2D eigenvalue weighted by molar-refractivity contribution is 0.121. The van der Waals surface area contributed by atoms with Crippen LogP contribution in [0.1, 0.15) is 32.1 Å². The number of rotatable bonds is 5. The Kier molecular flexibility index (Phi) is 6.05. The van der Waals surface area contributed by atoms with Crippen molar-refractivity contribution in [1.82, 2.24) is 5.32 Å². The van der Waals surface area contributed by atoms with Gasteiger partial charge < -0.3 is 10.4 Å². The predicted octanol–water partition coefficient (Wildman–Crippen LogP) is 3.06. The van der Waals surface area contributed by atoms with Gasteiger partial charge in [-0.25, -0.2) is 0 Å². The van der Waals surface area contributed by atoms with Crippen LogP contribution >= 0.6 is 11.8 Å². The number of nitrogens with one attached hydrogen (secondary N) is 1. The molecule has 0 spiro atoms. The van der Waals surface area contributed by atoms with Gasteiger partial charge in [-0.2, -0.15) is 0 Å². The molecule has 2 unspecified atom stereocenters. The first-order chi connectivity index (χ1) is 8.86. The van der Waals surface area contributed by atoms with Gasteiger partial charge in [0.05, 0.1) is 6.10 Å². The van der Waals surface area contributed by atoms with Crippen LogP contribution < -0.4 is 5.32 Å². The summed E-state index contributed by atoms with van der Waals surface area (Å²) in [5.74, 6) is 1.06. The van der Waals surface area contributed by atoms with E-state index < -0.39 is 0 Å². The molecule has 0 saturated heterocycles. The maximum atomic E-state index is 10.00. The van der Waals surface area contributed by atoms with Crippen molar-refractivity contribution < 1.29 is 5.11 Å². The van der Waals surface area contributed by atoms with Crippen LogP contribution in [0.4, 0.5) is 0 Å². The summed E-state index contributed by atoms with van der Waals surface area (Å²) in [7, 11) is 0. The number of hydrogen-bond donors (Lipinski definition) is 2. The van der Waals surface area contributed by atoms with Gasteiger partial charge in [-0.05, 0) is 25.0 Å². The van der Waals surface area contributed by atoms with Gasteiger partial charge in [0.15, 0.2) is 0 Å². The molecule has 2 rings (SSSR count). The van der Waals surface area contributed by atoms with Crippen molar-refractivity contribution >= 4 is 11.8 Å². The lowest BCUT2D eigenvalue weighted by atomic mass is 10.1. The number of aliphatic hydroxyl groups excluding tert-OH is 1. The van der Waals surface area contributed by atoms with E-state index in [2.05, 4.69) is 29.6 Å². The van der Waals surface area contributed by atoms with Gasteiger partial charge in [-0.3, -0.25) is 0 Å². The van der Waals surface area contributed by atoms with Crippen LogP contribution in [-0.4, -0.2) is 29.5 Å². The van der Waals surface area contributed by atoms with Gasteiger partial charge in [0, 0.05) is 23.2 Å². The van der Waals surface area contributed by atoms with E-state index in [4.69, 9.17) is 0 Å². The SMILES string of the molecule is OC1CCCCCC1NCCSc1ccccc1. The first-order valence-corrected chi connectivity index (χ1v) is 7.94. The van der Waals surface area contributed by atoms with Gasteiger partial charge in [0.1, 0.15) is 0 Å². The fraction of sp³-hybridized carbons (Fsp3) is 0.600. The fourth-order valence-electron chi connectivity index (χ4n) is 2.46. The molecule has 0 heterocycles. The third kappa shape index (κ3) is 4.63. The van der Waals surface area contributed by atoms with Crippen LogP contribution in [0.25, 0.3) is 0 Å². The second-order valence-corrected chi connectivity index (χ2v) is 6.10. The highest BCUT2D eigenvalue weighted by atomic mass is 32.2. The summed E-state index contributed by atoms with van der Waals surface area (Å²) in [5.41, 5.74) is 0. The van der Waals surface area contributed by atoms with Crippen LogP contribution in [0.5, 0.6) is 0 Å². The van der Waals surface area contributed by atoms with Crippen molar-refractivity contribution in [3.63, 3.8) is 0 Å². The van der Waals surface area contributed by atoms with Crippen LogP contribution in [0.2, 0.25) is 0 Å². The molecule has 0 aromatic heterocycles. The Labute approximate surface area is 114 Å². The molecule has 0 radical (unpaired) electrons. The molecule has 1 aromatic rings. The van der Waals surface area contributed by atoms with Crippen molar-refractivity contribution in [3.8, 4) is 0 Å². The zero-order valence-electron chi connectivity index (χ0n) is 10.8. The van der Waals surface area contributed by atoms with E-state index in [0.717, 1.165) is 25.1 Å². The highest BCUT2D eigenvalue weighted by Gasteiger charge is 2.20. The topological polar surface area (TPSA) is 32.3 Å². The van der Waals surface area contributed by atoms with Gasteiger partial charge in [0.2, 0.25) is 0 Å². The van der Waals surface area contributed by atoms with E-state index in [1.807, 2.05) is 17.8 Å². The highest BCUT2D eigenvalue weighted by molar-refractivity contribution is 7.99. The Morgan fingerprint density at radius 1 is 1.11 bits per heavy atom. The molecule has 1 saturated carbocycles. The maximum absolute atomic E-state index is 10.00. The van der Waals surface area contributed by atoms with Crippen LogP contribution in [-0.2, 0) is 0 Å². The monoisotopic (exact) mass is 265 g/mol. The molecule has 18 heavy (non-hydrogen) atoms. The molecular formula is C15H23NOS. The number of benzene rings is 1. The summed E-state index contributed by atoms with van der Waals surface area (Å²) in [6, 6.07) is 10.8. The Bertz CT molecular complexity index is 331. The molecule has 100 valence electrons. The zero-order chi connectivity index (χ0) is 12.6. The summed E-state index contributed by atoms with van der Waals surface area (Å²) < 4.78 is 0. The molecule has 0 aliphatic heterocycles. The van der Waals surface area contributed by atoms with Crippen LogP contribution in [0.15, 0.2) is 35.2 Å². The van der Waals surface area contributed by atoms with Crippen molar-refractivity contribution in [2.24, 2.45) is 0 Å². The van der Waals surface area contributed by atoms with Gasteiger partial charge in [-0.15, -0.1) is 11.8 Å². The third-order valence-electron chi connectivity index (χ3n) is 3.50.